The van der Waals surface area contributed by atoms with E-state index in [4.69, 9.17) is 20.4 Å². The Morgan fingerprint density at radius 1 is 0.389 bits per heavy atom. The topological polar surface area (TPSA) is 511 Å². The van der Waals surface area contributed by atoms with Crippen molar-refractivity contribution in [2.75, 3.05) is 0 Å². The van der Waals surface area contributed by atoms with Crippen molar-refractivity contribution in [3.8, 4) is 0 Å². The van der Waals surface area contributed by atoms with Crippen LogP contribution in [0.5, 0.6) is 0 Å². The number of carbonyl (C=O) groups is 8. The van der Waals surface area contributed by atoms with Gasteiger partial charge in [-0.3, -0.25) is 0 Å². The molecule has 0 aliphatic heterocycles. The predicted molar refractivity (Wildman–Crippen MR) is 149 cm³/mol. The Morgan fingerprint density at radius 2 is 0.574 bits per heavy atom. The quantitative estimate of drug-likeness (QED) is 0.0334. The van der Waals surface area contributed by atoms with Gasteiger partial charge in [-0.15, -0.1) is 0 Å². The van der Waals surface area contributed by atoms with Crippen molar-refractivity contribution in [1.82, 2.24) is 0 Å². The van der Waals surface area contributed by atoms with Gasteiger partial charge in [-0.25, -0.2) is 0 Å². The number of carboxylic acid groups (broad SMARTS) is 1. The molecule has 0 spiro atoms. The van der Waals surface area contributed by atoms with Crippen molar-refractivity contribution in [2.45, 2.75) is 97.7 Å². The van der Waals surface area contributed by atoms with E-state index >= 15 is 0 Å². The van der Waals surface area contributed by atoms with E-state index in [1.165, 1.54) is 0 Å². The molecule has 54 heavy (non-hydrogen) atoms. The van der Waals surface area contributed by atoms with Gasteiger partial charge in [0.15, 0.2) is 6.29 Å². The Balaban J connectivity index is -0.00000157. The first kappa shape index (κ1) is 56.1. The molecule has 0 saturated heterocycles. The number of carbonyl (C=O) groups excluding carboxylic acids is 8. The van der Waals surface area contributed by atoms with Crippen LogP contribution in [0.3, 0.4) is 0 Å². The molecular formula is C24H36NaO28Sb. The molecule has 28 nitrogen and oxygen atoms in total. The minimum Gasteiger partial charge on any atom is 1.00 e. The Bertz CT molecular complexity index is 1100. The van der Waals surface area contributed by atoms with E-state index in [1.807, 2.05) is 0 Å². The summed E-state index contributed by atoms with van der Waals surface area (Å²) in [7, 11) is 0. The van der Waals surface area contributed by atoms with Crippen molar-refractivity contribution < 1.29 is 164 Å². The Labute approximate surface area is 330 Å². The molecule has 0 aliphatic carbocycles. The third kappa shape index (κ3) is 17.7. The monoisotopic (exact) mass is 916 g/mol. The molecule has 16 N–H and O–H groups in total. The summed E-state index contributed by atoms with van der Waals surface area (Å²) in [6, 6.07) is 0. The summed E-state index contributed by atoms with van der Waals surface area (Å²) in [6.45, 7) is 0. The molecule has 0 unspecified atom stereocenters. The minimum atomic E-state index is -5.45. The van der Waals surface area contributed by atoms with Gasteiger partial charge in [0, 0.05) is 0 Å². The van der Waals surface area contributed by atoms with Crippen LogP contribution in [0.2, 0.25) is 0 Å². The van der Waals surface area contributed by atoms with Gasteiger partial charge in [0.25, 0.3) is 0 Å². The van der Waals surface area contributed by atoms with Gasteiger partial charge in [0.2, 0.25) is 0 Å². The Kier molecular flexibility index (Phi) is 28.4. The van der Waals surface area contributed by atoms with E-state index in [-0.39, 0.29) is 54.7 Å². The van der Waals surface area contributed by atoms with Gasteiger partial charge >= 0.3 is 260 Å². The van der Waals surface area contributed by atoms with E-state index in [9.17, 15) is 105 Å². The first-order chi connectivity index (χ1) is 24.4. The van der Waals surface area contributed by atoms with Crippen molar-refractivity contribution in [2.24, 2.45) is 0 Å². The fourth-order valence-electron chi connectivity index (χ4n) is 2.87. The van der Waals surface area contributed by atoms with Crippen molar-refractivity contribution >= 4 is 70.5 Å². The summed E-state index contributed by atoms with van der Waals surface area (Å²) < 4.78 is 13.2. The molecule has 0 bridgehead atoms. The maximum Gasteiger partial charge on any atom is 1.00 e. The third-order valence-corrected chi connectivity index (χ3v) is 8.93. The zero-order valence-electron chi connectivity index (χ0n) is 27.0. The van der Waals surface area contributed by atoms with Gasteiger partial charge in [-0.2, -0.15) is 0 Å². The van der Waals surface area contributed by atoms with E-state index in [0.717, 1.165) is 0 Å². The van der Waals surface area contributed by atoms with Crippen LogP contribution in [0.1, 0.15) is 0 Å². The second-order valence-electron chi connectivity index (χ2n) is 9.98. The summed E-state index contributed by atoms with van der Waals surface area (Å²) in [5, 5.41) is 159. The molecule has 0 aromatic rings. The van der Waals surface area contributed by atoms with Crippen LogP contribution in [0.25, 0.3) is 0 Å². The predicted octanol–water partition coefficient (Wildman–Crippen LogP) is -18.1. The van der Waals surface area contributed by atoms with Crippen molar-refractivity contribution in [1.29, 1.82) is 0 Å². The molecule has 306 valence electrons. The minimum absolute atomic E-state index is 0. The molecule has 0 aromatic carbocycles. The number of rotatable bonds is 23. The molecule has 30 heteroatoms. The zero-order chi connectivity index (χ0) is 42.1. The van der Waals surface area contributed by atoms with Crippen LogP contribution in [-0.2, 0) is 47.4 Å². The average Bonchev–Trinajstić information content (AvgIpc) is 3.15. The van der Waals surface area contributed by atoms with Crippen LogP contribution in [0.15, 0.2) is 0 Å². The van der Waals surface area contributed by atoms with Gasteiger partial charge in [-0.1, -0.05) is 0 Å². The molecule has 0 heterocycles. The Hall–Kier alpha value is -2.26. The summed E-state index contributed by atoms with van der Waals surface area (Å²) in [5.41, 5.74) is 0. The molecular weight excluding hydrogens is 881 g/mol. The van der Waals surface area contributed by atoms with Gasteiger partial charge in [0.1, 0.15) is 24.4 Å². The largest absolute Gasteiger partial charge is 1.00 e. The van der Waals surface area contributed by atoms with Crippen molar-refractivity contribution in [3.63, 3.8) is 0 Å². The number of carboxylic acids is 1. The maximum atomic E-state index is 12.2. The SMILES string of the molecule is O=C[C@H](O)[C@@H](O)[C@H](O)[C@H](O)C(=O)[O-].O=C[C@H](O)[C@@H](O)[C@H](O)[C@H](O)C(=O)[O][Sb]([O]C(=O)[C@@H](O)[C@@H](O)[C@H](O)[C@@H](O)C=O)[O]C(=O)[C@@H](O)[C@@H](O)[C@H](O)[C@@H](O)C=O.[Na+]. The molecule has 0 rings (SSSR count). The molecule has 0 amide bonds. The number of aliphatic hydroxyl groups is 16. The molecule has 0 fully saturated rings. The van der Waals surface area contributed by atoms with Crippen LogP contribution < -0.4 is 34.7 Å². The molecule has 0 aliphatic rings. The molecule has 0 radical (unpaired) electrons. The number of aldehydes is 4. The van der Waals surface area contributed by atoms with Crippen LogP contribution in [-0.4, -0.2) is 250 Å². The van der Waals surface area contributed by atoms with Crippen molar-refractivity contribution in [3.05, 3.63) is 0 Å². The Morgan fingerprint density at radius 3 is 0.741 bits per heavy atom. The summed E-state index contributed by atoms with van der Waals surface area (Å²) in [6.07, 6.45) is -40.7. The molecule has 16 atom stereocenters. The van der Waals surface area contributed by atoms with Crippen LogP contribution in [0.4, 0.5) is 0 Å². The summed E-state index contributed by atoms with van der Waals surface area (Å²) >= 11 is -5.45. The fourth-order valence-corrected chi connectivity index (χ4v) is 5.37. The van der Waals surface area contributed by atoms with Gasteiger partial charge in [0.05, 0.1) is 5.97 Å². The smallest absolute Gasteiger partial charge is 1.00 e. The first-order valence-corrected chi connectivity index (χ1v) is 16.9. The number of aliphatic hydroxyl groups excluding tert-OH is 16. The second kappa shape index (κ2) is 27.4. The fraction of sp³-hybridized carbons (Fsp3) is 0.667. The summed E-state index contributed by atoms with van der Waals surface area (Å²) in [5.74, 6) is -8.28. The van der Waals surface area contributed by atoms with E-state index in [1.54, 1.807) is 0 Å². The van der Waals surface area contributed by atoms with Gasteiger partial charge < -0.3 is 35.1 Å². The van der Waals surface area contributed by atoms with E-state index in [0.29, 0.717) is 0 Å². The molecule has 0 aromatic heterocycles. The van der Waals surface area contributed by atoms with Crippen LogP contribution >= 0.6 is 0 Å². The summed E-state index contributed by atoms with van der Waals surface area (Å²) in [4.78, 5) is 87.8. The second-order valence-corrected chi connectivity index (χ2v) is 12.8. The standard InChI is InChI=1S/4C6H10O7.Na.Sb/c4*7-1-2(8)3(9)4(10)5(11)6(12)13;;/h4*1-5,8-11H,(H,12,13);;/q;;;;+1;+3/p-4/t4*2-,3+,4-,5-;;/m0000../s1. The van der Waals surface area contributed by atoms with Gasteiger partial charge in [-0.05, 0) is 0 Å². The van der Waals surface area contributed by atoms with Crippen LogP contribution in [0, 0.1) is 0 Å². The first-order valence-electron chi connectivity index (χ1n) is 13.7. The number of hydrogen-bond acceptors (Lipinski definition) is 28. The van der Waals surface area contributed by atoms with E-state index in [2.05, 4.69) is 9.05 Å². The maximum absolute atomic E-state index is 12.2. The normalized spacial score (nSPS) is 20.1. The number of aliphatic carboxylic acids is 1. The number of hydrogen-bond donors (Lipinski definition) is 16. The third-order valence-electron chi connectivity index (χ3n) is 6.11. The van der Waals surface area contributed by atoms with E-state index < -0.39 is 143 Å². The molecule has 0 saturated carbocycles. The average molecular weight is 917 g/mol. The zero-order valence-corrected chi connectivity index (χ0v) is 31.6.